The summed E-state index contributed by atoms with van der Waals surface area (Å²) in [6, 6.07) is 0. The van der Waals surface area contributed by atoms with Gasteiger partial charge >= 0.3 is 0 Å². The third-order valence-corrected chi connectivity index (χ3v) is 9.38. The molecule has 2 saturated carbocycles. The van der Waals surface area contributed by atoms with Gasteiger partial charge in [-0.25, -0.2) is 12.7 Å². The van der Waals surface area contributed by atoms with Gasteiger partial charge < -0.3 is 14.6 Å². The molecule has 0 aromatic carbocycles. The van der Waals surface area contributed by atoms with E-state index < -0.39 is 21.2 Å². The average molecular weight is 359 g/mol. The van der Waals surface area contributed by atoms with Crippen molar-refractivity contribution in [2.75, 3.05) is 32.1 Å². The minimum absolute atomic E-state index is 0.0815. The smallest absolute Gasteiger partial charge is 0.214 e. The van der Waals surface area contributed by atoms with Crippen LogP contribution in [0.3, 0.4) is 0 Å². The number of fused-ring (bicyclic) bond motifs is 3. The van der Waals surface area contributed by atoms with Crippen LogP contribution in [-0.4, -0.2) is 61.8 Å². The van der Waals surface area contributed by atoms with Crippen LogP contribution < -0.4 is 0 Å². The maximum Gasteiger partial charge on any atom is 0.214 e. The molecule has 2 aliphatic heterocycles. The molecule has 4 atom stereocenters. The molecule has 2 heterocycles. The minimum Gasteiger partial charge on any atom is -0.394 e. The molecule has 6 nitrogen and oxygen atoms in total. The molecule has 1 N–H and O–H groups in total. The SMILES string of the molecule is CC1(C)[C@H]2CC[C@]1(CS(=O)(=O)N1CCCC1)C1(C2)OC[C@H](CO)O1. The van der Waals surface area contributed by atoms with Crippen molar-refractivity contribution in [2.45, 2.75) is 57.8 Å². The fraction of sp³-hybridized carbons (Fsp3) is 1.00. The van der Waals surface area contributed by atoms with Gasteiger partial charge in [-0.3, -0.25) is 0 Å². The highest BCUT2D eigenvalue weighted by atomic mass is 32.2. The topological polar surface area (TPSA) is 76.1 Å². The molecule has 1 unspecified atom stereocenters. The second kappa shape index (κ2) is 5.39. The summed E-state index contributed by atoms with van der Waals surface area (Å²) in [6.07, 6.45) is 4.14. The second-order valence-electron chi connectivity index (χ2n) is 8.59. The van der Waals surface area contributed by atoms with Crippen molar-refractivity contribution in [1.82, 2.24) is 4.31 Å². The van der Waals surface area contributed by atoms with Gasteiger partial charge in [0.05, 0.1) is 19.0 Å². The molecule has 0 aromatic heterocycles. The molecule has 4 rings (SSSR count). The highest BCUT2D eigenvalue weighted by Gasteiger charge is 2.75. The first-order valence-electron chi connectivity index (χ1n) is 9.17. The lowest BCUT2D eigenvalue weighted by molar-refractivity contribution is -0.245. The molecule has 4 fully saturated rings. The van der Waals surface area contributed by atoms with Crippen molar-refractivity contribution >= 4 is 10.0 Å². The molecule has 2 aliphatic carbocycles. The number of rotatable bonds is 4. The molecular weight excluding hydrogens is 330 g/mol. The van der Waals surface area contributed by atoms with Gasteiger partial charge in [0.25, 0.3) is 0 Å². The summed E-state index contributed by atoms with van der Waals surface area (Å²) < 4.78 is 40.2. The summed E-state index contributed by atoms with van der Waals surface area (Å²) in [6.45, 7) is 5.90. The molecule has 2 saturated heterocycles. The predicted molar refractivity (Wildman–Crippen MR) is 88.8 cm³/mol. The van der Waals surface area contributed by atoms with Gasteiger partial charge in [0.1, 0.15) is 6.10 Å². The zero-order chi connectivity index (χ0) is 17.2. The predicted octanol–water partition coefficient (Wildman–Crippen LogP) is 1.34. The lowest BCUT2D eigenvalue weighted by atomic mass is 9.68. The number of aliphatic hydroxyl groups excluding tert-OH is 1. The zero-order valence-corrected chi connectivity index (χ0v) is 15.5. The molecule has 0 amide bonds. The van der Waals surface area contributed by atoms with Crippen LogP contribution in [0.5, 0.6) is 0 Å². The van der Waals surface area contributed by atoms with Gasteiger partial charge in [-0.15, -0.1) is 0 Å². The minimum atomic E-state index is -3.34. The van der Waals surface area contributed by atoms with Gasteiger partial charge in [0, 0.05) is 24.9 Å². The van der Waals surface area contributed by atoms with Gasteiger partial charge in [0.15, 0.2) is 5.79 Å². The first-order chi connectivity index (χ1) is 11.3. The molecule has 138 valence electrons. The fourth-order valence-corrected chi connectivity index (χ4v) is 8.16. The molecule has 1 spiro atoms. The standard InChI is InChI=1S/C17H29NO5S/c1-15(2)13-5-6-16(15,12-24(20,21)18-7-3-4-8-18)17(9-13)22-11-14(10-19)23-17/h13-14,19H,3-12H2,1-2H3/t13-,14-,16+,17?/m0/s1. The molecule has 2 bridgehead atoms. The maximum atomic E-state index is 13.1. The Bertz CT molecular complexity index is 614. The van der Waals surface area contributed by atoms with Crippen LogP contribution >= 0.6 is 0 Å². The van der Waals surface area contributed by atoms with Crippen LogP contribution in [0.1, 0.15) is 46.0 Å². The summed E-state index contributed by atoms with van der Waals surface area (Å²) in [7, 11) is -3.34. The quantitative estimate of drug-likeness (QED) is 0.820. The van der Waals surface area contributed by atoms with Crippen LogP contribution in [0.2, 0.25) is 0 Å². The Morgan fingerprint density at radius 1 is 1.25 bits per heavy atom. The monoisotopic (exact) mass is 359 g/mol. The van der Waals surface area contributed by atoms with E-state index in [0.717, 1.165) is 32.1 Å². The van der Waals surface area contributed by atoms with Crippen LogP contribution in [0, 0.1) is 16.7 Å². The first-order valence-corrected chi connectivity index (χ1v) is 10.8. The van der Waals surface area contributed by atoms with Gasteiger partial charge in [-0.05, 0) is 37.0 Å². The summed E-state index contributed by atoms with van der Waals surface area (Å²) >= 11 is 0. The van der Waals surface area contributed by atoms with Crippen LogP contribution in [0.15, 0.2) is 0 Å². The van der Waals surface area contributed by atoms with Crippen molar-refractivity contribution in [2.24, 2.45) is 16.7 Å². The Hall–Kier alpha value is -0.210. The van der Waals surface area contributed by atoms with E-state index in [0.29, 0.717) is 25.6 Å². The van der Waals surface area contributed by atoms with Crippen LogP contribution in [0.25, 0.3) is 0 Å². The van der Waals surface area contributed by atoms with Crippen molar-refractivity contribution in [3.8, 4) is 0 Å². The largest absolute Gasteiger partial charge is 0.394 e. The summed E-state index contributed by atoms with van der Waals surface area (Å²) in [5.74, 6) is -0.343. The lowest BCUT2D eigenvalue weighted by Gasteiger charge is -2.47. The summed E-state index contributed by atoms with van der Waals surface area (Å²) in [5, 5.41) is 9.47. The Labute approximate surface area is 144 Å². The number of nitrogens with zero attached hydrogens (tertiary/aromatic N) is 1. The molecule has 0 radical (unpaired) electrons. The fourth-order valence-electron chi connectivity index (χ4n) is 5.80. The number of aliphatic hydroxyl groups is 1. The highest BCUT2D eigenvalue weighted by Crippen LogP contribution is 2.72. The molecular formula is C17H29NO5S. The van der Waals surface area contributed by atoms with Gasteiger partial charge in [0.2, 0.25) is 10.0 Å². The van der Waals surface area contributed by atoms with E-state index in [9.17, 15) is 13.5 Å². The average Bonchev–Trinajstić information content (AvgIpc) is 3.25. The van der Waals surface area contributed by atoms with Crippen molar-refractivity contribution in [1.29, 1.82) is 0 Å². The molecule has 7 heteroatoms. The Balaban J connectivity index is 1.71. The molecule has 0 aromatic rings. The number of hydrogen-bond acceptors (Lipinski definition) is 5. The molecule has 4 aliphatic rings. The first kappa shape index (κ1) is 17.2. The summed E-state index contributed by atoms with van der Waals surface area (Å²) in [5.41, 5.74) is -0.680. The third-order valence-electron chi connectivity index (χ3n) is 7.37. The number of hydrogen-bond donors (Lipinski definition) is 1. The van der Waals surface area contributed by atoms with Gasteiger partial charge in [-0.1, -0.05) is 13.8 Å². The van der Waals surface area contributed by atoms with E-state index in [1.54, 1.807) is 4.31 Å². The Morgan fingerprint density at radius 3 is 2.54 bits per heavy atom. The third kappa shape index (κ3) is 2.11. The van der Waals surface area contributed by atoms with E-state index in [2.05, 4.69) is 13.8 Å². The van der Waals surface area contributed by atoms with Crippen molar-refractivity contribution in [3.05, 3.63) is 0 Å². The summed E-state index contributed by atoms with van der Waals surface area (Å²) in [4.78, 5) is 0. The van der Waals surface area contributed by atoms with Crippen molar-refractivity contribution < 1.29 is 23.0 Å². The van der Waals surface area contributed by atoms with E-state index in [-0.39, 0.29) is 23.9 Å². The zero-order valence-electron chi connectivity index (χ0n) is 14.7. The van der Waals surface area contributed by atoms with Gasteiger partial charge in [-0.2, -0.15) is 0 Å². The second-order valence-corrected chi connectivity index (χ2v) is 10.6. The maximum absolute atomic E-state index is 13.1. The van der Waals surface area contributed by atoms with E-state index >= 15 is 0 Å². The number of sulfonamides is 1. The van der Waals surface area contributed by atoms with Crippen molar-refractivity contribution in [3.63, 3.8) is 0 Å². The highest BCUT2D eigenvalue weighted by molar-refractivity contribution is 7.89. The van der Waals surface area contributed by atoms with Crippen LogP contribution in [-0.2, 0) is 19.5 Å². The number of ether oxygens (including phenoxy) is 2. The molecule has 24 heavy (non-hydrogen) atoms. The van der Waals surface area contributed by atoms with E-state index in [1.165, 1.54) is 0 Å². The van der Waals surface area contributed by atoms with E-state index in [4.69, 9.17) is 9.47 Å². The van der Waals surface area contributed by atoms with E-state index in [1.807, 2.05) is 0 Å². The Morgan fingerprint density at radius 2 is 1.96 bits per heavy atom. The normalized spacial score (nSPS) is 44.8. The van der Waals surface area contributed by atoms with Crippen LogP contribution in [0.4, 0.5) is 0 Å². The Kier molecular flexibility index (Phi) is 3.87. The lowest BCUT2D eigenvalue weighted by Crippen LogP contribution is -2.56.